The number of hydrogen-bond acceptors (Lipinski definition) is 3. The fourth-order valence-electron chi connectivity index (χ4n) is 2.88. The fourth-order valence-corrected chi connectivity index (χ4v) is 3.07. The summed E-state index contributed by atoms with van der Waals surface area (Å²) in [6.45, 7) is 0. The highest BCUT2D eigenvalue weighted by atomic mass is 35.5. The van der Waals surface area contributed by atoms with Gasteiger partial charge in [0, 0.05) is 0 Å². The Bertz CT molecular complexity index is 966. The van der Waals surface area contributed by atoms with Crippen LogP contribution in [0.3, 0.4) is 0 Å². The Balaban J connectivity index is 1.60. The van der Waals surface area contributed by atoms with Crippen LogP contribution < -0.4 is 10.6 Å². The fraction of sp³-hybridized carbons (Fsp3) is 0.118. The number of benzene rings is 2. The molecule has 0 saturated carbocycles. The van der Waals surface area contributed by atoms with E-state index in [0.29, 0.717) is 16.7 Å². The third-order valence-electron chi connectivity index (χ3n) is 3.97. The Labute approximate surface area is 142 Å². The van der Waals surface area contributed by atoms with Crippen LogP contribution in [0, 0.1) is 0 Å². The number of para-hydroxylation sites is 3. The van der Waals surface area contributed by atoms with Crippen LogP contribution in [0.2, 0.25) is 5.02 Å². The van der Waals surface area contributed by atoms with Crippen LogP contribution >= 0.6 is 11.6 Å². The molecule has 0 spiro atoms. The van der Waals surface area contributed by atoms with Crippen molar-refractivity contribution in [1.82, 2.24) is 9.55 Å². The largest absolute Gasteiger partial charge is 0.325 e. The standard InChI is InChI=1S/C17H13ClN4O2/c18-10-5-1-2-6-11(10)19-15(23)9-14-16(24)21-17-20-12-7-3-4-8-13(12)22(14)17/h1-8,14H,9H2,(H,19,23)(H,20,21,24)/t14-/m1/s1. The molecule has 0 aliphatic carbocycles. The smallest absolute Gasteiger partial charge is 0.250 e. The van der Waals surface area contributed by atoms with E-state index >= 15 is 0 Å². The third kappa shape index (κ3) is 2.41. The molecule has 1 atom stereocenters. The molecular formula is C17H13ClN4O2. The van der Waals surface area contributed by atoms with Gasteiger partial charge in [-0.15, -0.1) is 0 Å². The van der Waals surface area contributed by atoms with Gasteiger partial charge in [0.05, 0.1) is 28.2 Å². The molecule has 2 heterocycles. The van der Waals surface area contributed by atoms with Crippen molar-refractivity contribution in [3.8, 4) is 0 Å². The minimum Gasteiger partial charge on any atom is -0.325 e. The van der Waals surface area contributed by atoms with E-state index in [9.17, 15) is 9.59 Å². The maximum absolute atomic E-state index is 12.4. The van der Waals surface area contributed by atoms with E-state index in [-0.39, 0.29) is 18.2 Å². The molecule has 2 aromatic carbocycles. The van der Waals surface area contributed by atoms with E-state index in [1.807, 2.05) is 24.3 Å². The van der Waals surface area contributed by atoms with Crippen molar-refractivity contribution in [3.05, 3.63) is 53.6 Å². The van der Waals surface area contributed by atoms with Gasteiger partial charge in [-0.05, 0) is 24.3 Å². The van der Waals surface area contributed by atoms with Gasteiger partial charge < -0.3 is 5.32 Å². The summed E-state index contributed by atoms with van der Waals surface area (Å²) in [7, 11) is 0. The molecule has 3 aromatic rings. The molecule has 0 saturated heterocycles. The van der Waals surface area contributed by atoms with E-state index in [2.05, 4.69) is 15.6 Å². The summed E-state index contributed by atoms with van der Waals surface area (Å²) >= 11 is 6.05. The van der Waals surface area contributed by atoms with Gasteiger partial charge in [-0.1, -0.05) is 35.9 Å². The Morgan fingerprint density at radius 3 is 2.79 bits per heavy atom. The van der Waals surface area contributed by atoms with Crippen LogP contribution in [0.15, 0.2) is 48.5 Å². The lowest BCUT2D eigenvalue weighted by Gasteiger charge is -2.12. The Hall–Kier alpha value is -2.86. The van der Waals surface area contributed by atoms with E-state index in [1.165, 1.54) is 0 Å². The van der Waals surface area contributed by atoms with Crippen LogP contribution in [-0.4, -0.2) is 21.4 Å². The Morgan fingerprint density at radius 2 is 1.96 bits per heavy atom. The number of hydrogen-bond donors (Lipinski definition) is 2. The summed E-state index contributed by atoms with van der Waals surface area (Å²) in [5.41, 5.74) is 2.13. The zero-order valence-electron chi connectivity index (χ0n) is 12.5. The van der Waals surface area contributed by atoms with Crippen molar-refractivity contribution in [1.29, 1.82) is 0 Å². The van der Waals surface area contributed by atoms with Crippen molar-refractivity contribution in [3.63, 3.8) is 0 Å². The van der Waals surface area contributed by atoms with E-state index in [1.54, 1.807) is 28.8 Å². The van der Waals surface area contributed by atoms with Crippen molar-refractivity contribution in [2.45, 2.75) is 12.5 Å². The Kier molecular flexibility index (Phi) is 3.46. The zero-order valence-corrected chi connectivity index (χ0v) is 13.2. The summed E-state index contributed by atoms with van der Waals surface area (Å²) in [5, 5.41) is 5.92. The highest BCUT2D eigenvalue weighted by molar-refractivity contribution is 6.33. The first kappa shape index (κ1) is 14.7. The van der Waals surface area contributed by atoms with Crippen LogP contribution in [-0.2, 0) is 9.59 Å². The molecule has 7 heteroatoms. The number of rotatable bonds is 3. The van der Waals surface area contributed by atoms with Gasteiger partial charge in [0.1, 0.15) is 6.04 Å². The molecule has 1 aromatic heterocycles. The van der Waals surface area contributed by atoms with Gasteiger partial charge in [-0.2, -0.15) is 0 Å². The lowest BCUT2D eigenvalue weighted by molar-refractivity contribution is -0.123. The van der Waals surface area contributed by atoms with Gasteiger partial charge in [-0.25, -0.2) is 4.98 Å². The molecule has 6 nitrogen and oxygen atoms in total. The number of anilines is 2. The molecule has 4 rings (SSSR count). The normalized spacial score (nSPS) is 16.0. The Morgan fingerprint density at radius 1 is 1.21 bits per heavy atom. The summed E-state index contributed by atoms with van der Waals surface area (Å²) in [6, 6.07) is 13.9. The average Bonchev–Trinajstić information content (AvgIpc) is 3.06. The molecular weight excluding hydrogens is 328 g/mol. The number of nitrogens with zero attached hydrogens (tertiary/aromatic N) is 2. The molecule has 2 N–H and O–H groups in total. The molecule has 0 radical (unpaired) electrons. The summed E-state index contributed by atoms with van der Waals surface area (Å²) in [6.07, 6.45) is 0.00438. The molecule has 24 heavy (non-hydrogen) atoms. The maximum atomic E-state index is 12.4. The molecule has 0 bridgehead atoms. The number of carbonyl (C=O) groups excluding carboxylic acids is 2. The van der Waals surface area contributed by atoms with Gasteiger partial charge in [0.25, 0.3) is 0 Å². The van der Waals surface area contributed by atoms with E-state index in [0.717, 1.165) is 11.0 Å². The number of imidazole rings is 1. The second-order valence-corrected chi connectivity index (χ2v) is 5.94. The number of amides is 2. The first-order valence-electron chi connectivity index (χ1n) is 7.46. The van der Waals surface area contributed by atoms with E-state index in [4.69, 9.17) is 11.6 Å². The molecule has 1 aliphatic heterocycles. The van der Waals surface area contributed by atoms with Gasteiger partial charge in [-0.3, -0.25) is 19.5 Å². The molecule has 1 aliphatic rings. The molecule has 2 amide bonds. The van der Waals surface area contributed by atoms with Crippen molar-refractivity contribution >= 4 is 46.1 Å². The van der Waals surface area contributed by atoms with Crippen LogP contribution in [0.25, 0.3) is 11.0 Å². The van der Waals surface area contributed by atoms with Crippen molar-refractivity contribution < 1.29 is 9.59 Å². The van der Waals surface area contributed by atoms with E-state index < -0.39 is 6.04 Å². The van der Waals surface area contributed by atoms with Gasteiger partial charge in [0.2, 0.25) is 17.8 Å². The monoisotopic (exact) mass is 340 g/mol. The minimum atomic E-state index is -0.630. The second kappa shape index (κ2) is 5.65. The highest BCUT2D eigenvalue weighted by Crippen LogP contribution is 2.32. The van der Waals surface area contributed by atoms with Crippen LogP contribution in [0.1, 0.15) is 12.5 Å². The average molecular weight is 341 g/mol. The number of nitrogens with one attached hydrogen (secondary N) is 2. The molecule has 120 valence electrons. The first-order chi connectivity index (χ1) is 11.6. The minimum absolute atomic E-state index is 0.00438. The summed E-state index contributed by atoms with van der Waals surface area (Å²) in [4.78, 5) is 28.9. The first-order valence-corrected chi connectivity index (χ1v) is 7.83. The number of fused-ring (bicyclic) bond motifs is 3. The van der Waals surface area contributed by atoms with Crippen LogP contribution in [0.4, 0.5) is 11.6 Å². The quantitative estimate of drug-likeness (QED) is 0.768. The highest BCUT2D eigenvalue weighted by Gasteiger charge is 2.34. The van der Waals surface area contributed by atoms with Gasteiger partial charge >= 0.3 is 0 Å². The van der Waals surface area contributed by atoms with Gasteiger partial charge in [0.15, 0.2) is 0 Å². The maximum Gasteiger partial charge on any atom is 0.250 e. The molecule has 0 unspecified atom stereocenters. The zero-order chi connectivity index (χ0) is 16.7. The summed E-state index contributed by atoms with van der Waals surface area (Å²) in [5.74, 6) is -0.0526. The lowest BCUT2D eigenvalue weighted by Crippen LogP contribution is -2.23. The number of aromatic nitrogens is 2. The van der Waals surface area contributed by atoms with Crippen LogP contribution in [0.5, 0.6) is 0 Å². The number of halogens is 1. The topological polar surface area (TPSA) is 76.0 Å². The number of carbonyl (C=O) groups is 2. The summed E-state index contributed by atoms with van der Waals surface area (Å²) < 4.78 is 1.77. The predicted octanol–water partition coefficient (Wildman–Crippen LogP) is 3.21. The third-order valence-corrected chi connectivity index (χ3v) is 4.30. The van der Waals surface area contributed by atoms with Crippen molar-refractivity contribution in [2.24, 2.45) is 0 Å². The second-order valence-electron chi connectivity index (χ2n) is 5.53. The lowest BCUT2D eigenvalue weighted by atomic mass is 10.1. The SMILES string of the molecule is O=C(C[C@@H]1C(=O)Nc2nc3ccccc3n21)Nc1ccccc1Cl. The van der Waals surface area contributed by atoms with Crippen molar-refractivity contribution in [2.75, 3.05) is 10.6 Å². The predicted molar refractivity (Wildman–Crippen MR) is 92.1 cm³/mol. The molecule has 0 fully saturated rings.